The van der Waals surface area contributed by atoms with Gasteiger partial charge < -0.3 is 15.4 Å². The van der Waals surface area contributed by atoms with Crippen LogP contribution < -0.4 is 10.6 Å². The van der Waals surface area contributed by atoms with E-state index in [0.717, 1.165) is 31.2 Å². The second-order valence-corrected chi connectivity index (χ2v) is 6.26. The largest absolute Gasteiger partial charge is 0.380 e. The first kappa shape index (κ1) is 22.4. The lowest BCUT2D eigenvalue weighted by Gasteiger charge is -2.13. The molecule has 2 rings (SSSR count). The molecule has 0 radical (unpaired) electrons. The van der Waals surface area contributed by atoms with Gasteiger partial charge in [0.05, 0.1) is 12.3 Å². The Balaban J connectivity index is 0.00000338. The maximum Gasteiger partial charge on any atom is 0.191 e. The third-order valence-electron chi connectivity index (χ3n) is 3.77. The Morgan fingerprint density at radius 3 is 2.58 bits per heavy atom. The highest BCUT2D eigenvalue weighted by molar-refractivity contribution is 14.0. The van der Waals surface area contributed by atoms with Crippen molar-refractivity contribution >= 4 is 29.9 Å². The van der Waals surface area contributed by atoms with E-state index >= 15 is 0 Å². The number of benzene rings is 1. The fraction of sp³-hybridized carbons (Fsp3) is 0.474. The van der Waals surface area contributed by atoms with Crippen LogP contribution in [0.25, 0.3) is 5.69 Å². The van der Waals surface area contributed by atoms with Crippen molar-refractivity contribution in [3.8, 4) is 5.69 Å². The van der Waals surface area contributed by atoms with Gasteiger partial charge in [0.25, 0.3) is 0 Å². The number of rotatable bonds is 9. The second-order valence-electron chi connectivity index (χ2n) is 6.26. The molecule has 26 heavy (non-hydrogen) atoms. The van der Waals surface area contributed by atoms with E-state index in [0.29, 0.717) is 19.1 Å². The van der Waals surface area contributed by atoms with E-state index in [1.807, 2.05) is 16.9 Å². The molecule has 144 valence electrons. The van der Waals surface area contributed by atoms with E-state index in [2.05, 4.69) is 58.8 Å². The first-order valence-electron chi connectivity index (χ1n) is 8.80. The molecule has 0 fully saturated rings. The van der Waals surface area contributed by atoms with Gasteiger partial charge in [-0.2, -0.15) is 5.10 Å². The third kappa shape index (κ3) is 8.18. The minimum Gasteiger partial charge on any atom is -0.380 e. The average molecular weight is 471 g/mol. The Morgan fingerprint density at radius 1 is 1.19 bits per heavy atom. The van der Waals surface area contributed by atoms with Crippen LogP contribution in [0.5, 0.6) is 0 Å². The summed E-state index contributed by atoms with van der Waals surface area (Å²) in [7, 11) is 1.77. The van der Waals surface area contributed by atoms with Crippen LogP contribution in [0.15, 0.2) is 47.7 Å². The van der Waals surface area contributed by atoms with Crippen molar-refractivity contribution in [1.29, 1.82) is 0 Å². The highest BCUT2D eigenvalue weighted by Crippen LogP contribution is 2.08. The van der Waals surface area contributed by atoms with Crippen LogP contribution in [-0.4, -0.2) is 42.5 Å². The number of aromatic nitrogens is 2. The zero-order valence-electron chi connectivity index (χ0n) is 15.8. The molecule has 6 nitrogen and oxygen atoms in total. The van der Waals surface area contributed by atoms with E-state index in [4.69, 9.17) is 4.74 Å². The van der Waals surface area contributed by atoms with Crippen molar-refractivity contribution in [3.63, 3.8) is 0 Å². The van der Waals surface area contributed by atoms with E-state index in [1.54, 1.807) is 13.2 Å². The monoisotopic (exact) mass is 471 g/mol. The van der Waals surface area contributed by atoms with Crippen LogP contribution in [-0.2, 0) is 11.3 Å². The van der Waals surface area contributed by atoms with Crippen LogP contribution in [0.2, 0.25) is 0 Å². The summed E-state index contributed by atoms with van der Waals surface area (Å²) in [5, 5.41) is 10.8. The van der Waals surface area contributed by atoms with Crippen molar-refractivity contribution in [3.05, 3.63) is 48.3 Å². The predicted molar refractivity (Wildman–Crippen MR) is 117 cm³/mol. The Labute approximate surface area is 173 Å². The van der Waals surface area contributed by atoms with Gasteiger partial charge in [0.1, 0.15) is 0 Å². The Bertz CT molecular complexity index is 626. The van der Waals surface area contributed by atoms with Crippen LogP contribution in [0.4, 0.5) is 0 Å². The number of hydrogen-bond donors (Lipinski definition) is 2. The van der Waals surface area contributed by atoms with Crippen molar-refractivity contribution in [2.45, 2.75) is 26.8 Å². The Morgan fingerprint density at radius 2 is 1.96 bits per heavy atom. The normalized spacial score (nSPS) is 11.3. The zero-order valence-corrected chi connectivity index (χ0v) is 18.1. The van der Waals surface area contributed by atoms with Gasteiger partial charge in [-0.05, 0) is 36.1 Å². The molecule has 0 saturated carbocycles. The van der Waals surface area contributed by atoms with E-state index in [1.165, 1.54) is 5.56 Å². The average Bonchev–Trinajstić information content (AvgIpc) is 3.15. The van der Waals surface area contributed by atoms with E-state index in [9.17, 15) is 0 Å². The molecule has 0 aliphatic carbocycles. The molecule has 1 aromatic carbocycles. The summed E-state index contributed by atoms with van der Waals surface area (Å²) in [5.41, 5.74) is 2.24. The number of aliphatic imine (C=N–C) groups is 1. The Hall–Kier alpha value is -1.61. The van der Waals surface area contributed by atoms with E-state index in [-0.39, 0.29) is 24.0 Å². The quantitative estimate of drug-likeness (QED) is 0.255. The molecular weight excluding hydrogens is 441 g/mol. The molecule has 0 aliphatic heterocycles. The first-order valence-corrected chi connectivity index (χ1v) is 8.80. The van der Waals surface area contributed by atoms with Gasteiger partial charge >= 0.3 is 0 Å². The molecule has 2 N–H and O–H groups in total. The van der Waals surface area contributed by atoms with Gasteiger partial charge in [-0.1, -0.05) is 26.0 Å². The van der Waals surface area contributed by atoms with Gasteiger partial charge in [0, 0.05) is 39.1 Å². The smallest absolute Gasteiger partial charge is 0.191 e. The van der Waals surface area contributed by atoms with Crippen LogP contribution in [0.3, 0.4) is 0 Å². The summed E-state index contributed by atoms with van der Waals surface area (Å²) in [6.07, 6.45) is 4.81. The molecule has 0 amide bonds. The summed E-state index contributed by atoms with van der Waals surface area (Å²) in [6.45, 7) is 7.37. The highest BCUT2D eigenvalue weighted by Gasteiger charge is 2.00. The van der Waals surface area contributed by atoms with Crippen LogP contribution >= 0.6 is 24.0 Å². The van der Waals surface area contributed by atoms with Crippen molar-refractivity contribution in [2.75, 3.05) is 26.8 Å². The lowest BCUT2D eigenvalue weighted by Crippen LogP contribution is -2.38. The second kappa shape index (κ2) is 12.7. The summed E-state index contributed by atoms with van der Waals surface area (Å²) in [6, 6.07) is 10.2. The van der Waals surface area contributed by atoms with Crippen LogP contribution in [0.1, 0.15) is 25.8 Å². The molecule has 0 bridgehead atoms. The lowest BCUT2D eigenvalue weighted by molar-refractivity contribution is 0.128. The number of hydrogen-bond acceptors (Lipinski definition) is 3. The van der Waals surface area contributed by atoms with E-state index < -0.39 is 0 Å². The first-order chi connectivity index (χ1) is 12.2. The predicted octanol–water partition coefficient (Wildman–Crippen LogP) is 3.22. The molecular formula is C19H30IN5O. The Kier molecular flexibility index (Phi) is 11.0. The molecule has 0 atom stereocenters. The SMILES string of the molecule is CN=C(NCCOCCC(C)C)NCc1ccc(-n2cccn2)cc1.I. The molecule has 1 heterocycles. The number of halogens is 1. The lowest BCUT2D eigenvalue weighted by atomic mass is 10.1. The number of guanidine groups is 1. The van der Waals surface area contributed by atoms with Gasteiger partial charge in [0.2, 0.25) is 0 Å². The summed E-state index contributed by atoms with van der Waals surface area (Å²) < 4.78 is 7.44. The summed E-state index contributed by atoms with van der Waals surface area (Å²) in [4.78, 5) is 4.23. The maximum atomic E-state index is 5.60. The molecule has 7 heteroatoms. The fourth-order valence-corrected chi connectivity index (χ4v) is 2.26. The standard InChI is InChI=1S/C19H29N5O.HI/c1-16(2)9-13-25-14-11-21-19(20-3)22-15-17-5-7-18(8-6-17)24-12-4-10-23-24;/h4-8,10,12,16H,9,11,13-15H2,1-3H3,(H2,20,21,22);1H. The molecule has 0 unspecified atom stereocenters. The molecule has 1 aromatic heterocycles. The molecule has 0 spiro atoms. The molecule has 2 aromatic rings. The van der Waals surface area contributed by atoms with Crippen molar-refractivity contribution in [2.24, 2.45) is 10.9 Å². The number of nitrogens with one attached hydrogen (secondary N) is 2. The fourth-order valence-electron chi connectivity index (χ4n) is 2.26. The van der Waals surface area contributed by atoms with Gasteiger partial charge in [-0.15, -0.1) is 24.0 Å². The summed E-state index contributed by atoms with van der Waals surface area (Å²) >= 11 is 0. The topological polar surface area (TPSA) is 63.5 Å². The number of ether oxygens (including phenoxy) is 1. The zero-order chi connectivity index (χ0) is 17.9. The van der Waals surface area contributed by atoms with Gasteiger partial charge in [-0.3, -0.25) is 4.99 Å². The molecule has 0 aliphatic rings. The van der Waals surface area contributed by atoms with Crippen molar-refractivity contribution < 1.29 is 4.74 Å². The van der Waals surface area contributed by atoms with Crippen LogP contribution in [0, 0.1) is 5.92 Å². The minimum absolute atomic E-state index is 0. The molecule has 0 saturated heterocycles. The number of nitrogens with zero attached hydrogens (tertiary/aromatic N) is 3. The van der Waals surface area contributed by atoms with Gasteiger partial charge in [0.15, 0.2) is 5.96 Å². The summed E-state index contributed by atoms with van der Waals surface area (Å²) in [5.74, 6) is 1.46. The third-order valence-corrected chi connectivity index (χ3v) is 3.77. The maximum absolute atomic E-state index is 5.60. The highest BCUT2D eigenvalue weighted by atomic mass is 127. The van der Waals surface area contributed by atoms with Gasteiger partial charge in [-0.25, -0.2) is 4.68 Å². The minimum atomic E-state index is 0. The van der Waals surface area contributed by atoms with Crippen molar-refractivity contribution in [1.82, 2.24) is 20.4 Å².